The Bertz CT molecular complexity index is 499. The normalized spacial score (nSPS) is 13.1. The van der Waals surface area contributed by atoms with E-state index in [2.05, 4.69) is 10.6 Å². The lowest BCUT2D eigenvalue weighted by atomic mass is 10.1. The minimum atomic E-state index is 0.0312. The number of likely N-dealkylation sites (N-methyl/N-ethyl adjacent to an activating group) is 2. The zero-order valence-electron chi connectivity index (χ0n) is 11.3. The summed E-state index contributed by atoms with van der Waals surface area (Å²) in [5, 5.41) is 5.82. The van der Waals surface area contributed by atoms with Gasteiger partial charge in [-0.15, -0.1) is 0 Å². The third-order valence-electron chi connectivity index (χ3n) is 3.17. The molecule has 2 N–H and O–H groups in total. The predicted molar refractivity (Wildman–Crippen MR) is 73.8 cm³/mol. The lowest BCUT2D eigenvalue weighted by molar-refractivity contribution is -0.129. The number of nitrogens with one attached hydrogen (secondary N) is 2. The molecular weight excluding hydrogens is 242 g/mol. The summed E-state index contributed by atoms with van der Waals surface area (Å²) in [6.45, 7) is 3.67. The molecule has 0 spiro atoms. The summed E-state index contributed by atoms with van der Waals surface area (Å²) in [6, 6.07) is 5.84. The van der Waals surface area contributed by atoms with Crippen molar-refractivity contribution in [3.63, 3.8) is 0 Å². The van der Waals surface area contributed by atoms with Gasteiger partial charge < -0.3 is 15.5 Å². The molecule has 0 aliphatic carbocycles. The molecule has 102 valence electrons. The van der Waals surface area contributed by atoms with Crippen molar-refractivity contribution >= 4 is 17.5 Å². The number of amides is 2. The number of fused-ring (bicyclic) bond motifs is 1. The summed E-state index contributed by atoms with van der Waals surface area (Å²) in [6.07, 6.45) is 0.429. The third-order valence-corrected chi connectivity index (χ3v) is 3.17. The molecule has 1 aliphatic rings. The Kier molecular flexibility index (Phi) is 4.16. The molecule has 0 atom stereocenters. The van der Waals surface area contributed by atoms with E-state index in [4.69, 9.17) is 0 Å². The van der Waals surface area contributed by atoms with Crippen molar-refractivity contribution in [3.05, 3.63) is 29.3 Å². The Labute approximate surface area is 113 Å². The van der Waals surface area contributed by atoms with Gasteiger partial charge in [-0.25, -0.2) is 0 Å². The maximum Gasteiger partial charge on any atom is 0.236 e. The largest absolute Gasteiger partial charge is 0.340 e. The topological polar surface area (TPSA) is 61.4 Å². The molecule has 2 amide bonds. The van der Waals surface area contributed by atoms with E-state index in [0.717, 1.165) is 23.4 Å². The van der Waals surface area contributed by atoms with Crippen LogP contribution in [0.25, 0.3) is 0 Å². The van der Waals surface area contributed by atoms with Crippen molar-refractivity contribution in [2.45, 2.75) is 19.9 Å². The molecule has 1 aromatic carbocycles. The third kappa shape index (κ3) is 3.32. The number of carbonyl (C=O) groups is 2. The minimum Gasteiger partial charge on any atom is -0.340 e. The Morgan fingerprint density at radius 3 is 3.00 bits per heavy atom. The maximum atomic E-state index is 11.8. The number of rotatable bonds is 5. The van der Waals surface area contributed by atoms with Gasteiger partial charge in [0.05, 0.1) is 13.0 Å². The molecule has 0 fully saturated rings. The van der Waals surface area contributed by atoms with Crippen LogP contribution >= 0.6 is 0 Å². The standard InChI is InChI=1S/C14H19N3O2/c1-3-15-8-14(19)17(2)9-10-4-5-12-11(6-10)7-13(18)16-12/h4-6,15H,3,7-9H2,1-2H3,(H,16,18). The van der Waals surface area contributed by atoms with Crippen LogP contribution in [0.15, 0.2) is 18.2 Å². The van der Waals surface area contributed by atoms with E-state index in [9.17, 15) is 9.59 Å². The average Bonchev–Trinajstić information content (AvgIpc) is 2.75. The fraction of sp³-hybridized carbons (Fsp3) is 0.429. The van der Waals surface area contributed by atoms with Crippen LogP contribution in [0, 0.1) is 0 Å². The first-order valence-electron chi connectivity index (χ1n) is 6.46. The van der Waals surface area contributed by atoms with Gasteiger partial charge in [0.25, 0.3) is 0 Å². The number of nitrogens with zero attached hydrogens (tertiary/aromatic N) is 1. The van der Waals surface area contributed by atoms with Crippen LogP contribution in [0.1, 0.15) is 18.1 Å². The van der Waals surface area contributed by atoms with Gasteiger partial charge in [0.2, 0.25) is 11.8 Å². The van der Waals surface area contributed by atoms with Gasteiger partial charge in [0.15, 0.2) is 0 Å². The van der Waals surface area contributed by atoms with Crippen molar-refractivity contribution in [1.29, 1.82) is 0 Å². The van der Waals surface area contributed by atoms with E-state index in [1.165, 1.54) is 0 Å². The molecule has 1 aliphatic heterocycles. The van der Waals surface area contributed by atoms with Crippen LogP contribution in [0.2, 0.25) is 0 Å². The van der Waals surface area contributed by atoms with Crippen LogP contribution in [0.4, 0.5) is 5.69 Å². The zero-order chi connectivity index (χ0) is 13.8. The summed E-state index contributed by atoms with van der Waals surface area (Å²) in [5.41, 5.74) is 2.94. The van der Waals surface area contributed by atoms with Crippen LogP contribution in [-0.2, 0) is 22.6 Å². The summed E-state index contributed by atoms with van der Waals surface area (Å²) >= 11 is 0. The molecule has 2 rings (SSSR count). The molecule has 19 heavy (non-hydrogen) atoms. The van der Waals surface area contributed by atoms with Gasteiger partial charge in [0, 0.05) is 19.3 Å². The van der Waals surface area contributed by atoms with Crippen LogP contribution in [0.5, 0.6) is 0 Å². The number of hydrogen-bond acceptors (Lipinski definition) is 3. The first-order chi connectivity index (χ1) is 9.10. The number of benzene rings is 1. The number of hydrogen-bond donors (Lipinski definition) is 2. The Hall–Kier alpha value is -1.88. The van der Waals surface area contributed by atoms with E-state index in [-0.39, 0.29) is 11.8 Å². The molecule has 5 heteroatoms. The first kappa shape index (κ1) is 13.5. The molecule has 5 nitrogen and oxygen atoms in total. The van der Waals surface area contributed by atoms with Crippen molar-refractivity contribution in [1.82, 2.24) is 10.2 Å². The number of anilines is 1. The number of carbonyl (C=O) groups excluding carboxylic acids is 2. The highest BCUT2D eigenvalue weighted by atomic mass is 16.2. The highest BCUT2D eigenvalue weighted by Crippen LogP contribution is 2.24. The maximum absolute atomic E-state index is 11.8. The van der Waals surface area contributed by atoms with Crippen molar-refractivity contribution in [2.75, 3.05) is 25.5 Å². The molecular formula is C14H19N3O2. The van der Waals surface area contributed by atoms with Gasteiger partial charge in [-0.2, -0.15) is 0 Å². The van der Waals surface area contributed by atoms with E-state index in [1.807, 2.05) is 25.1 Å². The highest BCUT2D eigenvalue weighted by Gasteiger charge is 2.18. The van der Waals surface area contributed by atoms with E-state index >= 15 is 0 Å². The predicted octanol–water partition coefficient (Wildman–Crippen LogP) is 0.749. The van der Waals surface area contributed by atoms with E-state index in [0.29, 0.717) is 19.5 Å². The minimum absolute atomic E-state index is 0.0312. The summed E-state index contributed by atoms with van der Waals surface area (Å²) in [4.78, 5) is 24.8. The van der Waals surface area contributed by atoms with Crippen LogP contribution < -0.4 is 10.6 Å². The molecule has 1 heterocycles. The smallest absolute Gasteiger partial charge is 0.236 e. The van der Waals surface area contributed by atoms with Gasteiger partial charge in [-0.3, -0.25) is 9.59 Å². The monoisotopic (exact) mass is 261 g/mol. The van der Waals surface area contributed by atoms with Crippen molar-refractivity contribution in [2.24, 2.45) is 0 Å². The van der Waals surface area contributed by atoms with Gasteiger partial charge in [-0.05, 0) is 23.7 Å². The fourth-order valence-corrected chi connectivity index (χ4v) is 2.11. The quantitative estimate of drug-likeness (QED) is 0.822. The highest BCUT2D eigenvalue weighted by molar-refractivity contribution is 5.99. The molecule has 0 radical (unpaired) electrons. The van der Waals surface area contributed by atoms with Crippen LogP contribution in [0.3, 0.4) is 0 Å². The first-order valence-corrected chi connectivity index (χ1v) is 6.46. The Balaban J connectivity index is 1.98. The molecule has 0 saturated heterocycles. The average molecular weight is 261 g/mol. The lowest BCUT2D eigenvalue weighted by Gasteiger charge is -2.17. The van der Waals surface area contributed by atoms with E-state index in [1.54, 1.807) is 11.9 Å². The van der Waals surface area contributed by atoms with Crippen molar-refractivity contribution < 1.29 is 9.59 Å². The van der Waals surface area contributed by atoms with Crippen LogP contribution in [-0.4, -0.2) is 36.9 Å². The fourth-order valence-electron chi connectivity index (χ4n) is 2.11. The molecule has 0 bridgehead atoms. The molecule has 0 unspecified atom stereocenters. The van der Waals surface area contributed by atoms with Gasteiger partial charge >= 0.3 is 0 Å². The second-order valence-electron chi connectivity index (χ2n) is 4.75. The lowest BCUT2D eigenvalue weighted by Crippen LogP contribution is -2.35. The Morgan fingerprint density at radius 2 is 2.26 bits per heavy atom. The molecule has 0 saturated carbocycles. The molecule has 1 aromatic rings. The molecule has 0 aromatic heterocycles. The second-order valence-corrected chi connectivity index (χ2v) is 4.75. The summed E-state index contributed by atoms with van der Waals surface area (Å²) < 4.78 is 0. The second kappa shape index (κ2) is 5.84. The van der Waals surface area contributed by atoms with Gasteiger partial charge in [-0.1, -0.05) is 19.1 Å². The Morgan fingerprint density at radius 1 is 1.47 bits per heavy atom. The van der Waals surface area contributed by atoms with Gasteiger partial charge in [0.1, 0.15) is 0 Å². The van der Waals surface area contributed by atoms with Crippen molar-refractivity contribution in [3.8, 4) is 0 Å². The summed E-state index contributed by atoms with van der Waals surface area (Å²) in [7, 11) is 1.79. The SMILES string of the molecule is CCNCC(=O)N(C)Cc1ccc2c(c1)CC(=O)N2. The zero-order valence-corrected chi connectivity index (χ0v) is 11.3. The summed E-state index contributed by atoms with van der Waals surface area (Å²) in [5.74, 6) is 0.0975. The van der Waals surface area contributed by atoms with E-state index < -0.39 is 0 Å².